The molecule has 1 fully saturated rings. The minimum Gasteiger partial charge on any atom is -0.493 e. The van der Waals surface area contributed by atoms with Gasteiger partial charge < -0.3 is 28.7 Å². The van der Waals surface area contributed by atoms with Crippen molar-refractivity contribution in [2.24, 2.45) is 0 Å². The molecule has 0 radical (unpaired) electrons. The number of carbonyl (C=O) groups excluding carboxylic acids is 2. The van der Waals surface area contributed by atoms with E-state index in [4.69, 9.17) is 13.9 Å². The Morgan fingerprint density at radius 3 is 2.72 bits per heavy atom. The molecule has 1 N–H and O–H groups in total. The number of amides is 2. The fourth-order valence-electron chi connectivity index (χ4n) is 5.52. The second-order valence-electron chi connectivity index (χ2n) is 9.10. The normalized spacial score (nSPS) is 19.4. The predicted molar refractivity (Wildman–Crippen MR) is 133 cm³/mol. The van der Waals surface area contributed by atoms with E-state index in [9.17, 15) is 9.59 Å². The first kappa shape index (κ1) is 22.3. The average Bonchev–Trinajstić information content (AvgIpc) is 3.54. The van der Waals surface area contributed by atoms with Crippen LogP contribution in [0, 0.1) is 0 Å². The van der Waals surface area contributed by atoms with Crippen molar-refractivity contribution < 1.29 is 23.5 Å². The highest BCUT2D eigenvalue weighted by Crippen LogP contribution is 2.44. The third kappa shape index (κ3) is 3.52. The summed E-state index contributed by atoms with van der Waals surface area (Å²) in [5.74, 6) is 1.70. The van der Waals surface area contributed by atoms with E-state index < -0.39 is 12.1 Å². The molecule has 2 atom stereocenters. The first-order chi connectivity index (χ1) is 17.6. The van der Waals surface area contributed by atoms with Crippen LogP contribution < -0.4 is 9.47 Å². The minimum atomic E-state index is -0.615. The SMILES string of the molecule is CCOc1ccc([C@H]2c3[nH]c4ccccc4c3C[C@H]3C(=O)N(Cc4ccco4)CC(=O)N23)cc1OC. The maximum absolute atomic E-state index is 13.8. The second kappa shape index (κ2) is 8.78. The maximum atomic E-state index is 13.8. The summed E-state index contributed by atoms with van der Waals surface area (Å²) in [6, 6.07) is 16.3. The van der Waals surface area contributed by atoms with E-state index in [1.165, 1.54) is 0 Å². The highest BCUT2D eigenvalue weighted by molar-refractivity contribution is 5.97. The Bertz CT molecular complexity index is 1440. The lowest BCUT2D eigenvalue weighted by molar-refractivity contribution is -0.159. The van der Waals surface area contributed by atoms with Gasteiger partial charge in [-0.15, -0.1) is 0 Å². The lowest BCUT2D eigenvalue weighted by Crippen LogP contribution is -2.62. The van der Waals surface area contributed by atoms with Crippen LogP contribution in [0.2, 0.25) is 0 Å². The summed E-state index contributed by atoms with van der Waals surface area (Å²) in [5, 5.41) is 1.07. The number of furan rings is 1. The van der Waals surface area contributed by atoms with Gasteiger partial charge in [-0.1, -0.05) is 24.3 Å². The number of piperazine rings is 1. The Labute approximate surface area is 208 Å². The van der Waals surface area contributed by atoms with Gasteiger partial charge in [0.2, 0.25) is 11.8 Å². The van der Waals surface area contributed by atoms with Gasteiger partial charge in [-0.05, 0) is 48.4 Å². The lowest BCUT2D eigenvalue weighted by atomic mass is 9.86. The van der Waals surface area contributed by atoms with Crippen LogP contribution in [0.1, 0.15) is 35.5 Å². The van der Waals surface area contributed by atoms with Crippen molar-refractivity contribution in [2.75, 3.05) is 20.3 Å². The van der Waals surface area contributed by atoms with Gasteiger partial charge in [0.15, 0.2) is 11.5 Å². The van der Waals surface area contributed by atoms with Crippen LogP contribution in [0.4, 0.5) is 0 Å². The second-order valence-corrected chi connectivity index (χ2v) is 9.10. The van der Waals surface area contributed by atoms with Crippen molar-refractivity contribution in [3.63, 3.8) is 0 Å². The van der Waals surface area contributed by atoms with Crippen LogP contribution in [0.25, 0.3) is 10.9 Å². The quantitative estimate of drug-likeness (QED) is 0.445. The first-order valence-corrected chi connectivity index (χ1v) is 12.1. The minimum absolute atomic E-state index is 0.00371. The van der Waals surface area contributed by atoms with Crippen LogP contribution >= 0.6 is 0 Å². The number of para-hydroxylation sites is 1. The van der Waals surface area contributed by atoms with E-state index in [2.05, 4.69) is 11.1 Å². The lowest BCUT2D eigenvalue weighted by Gasteiger charge is -2.47. The van der Waals surface area contributed by atoms with Crippen molar-refractivity contribution in [2.45, 2.75) is 32.0 Å². The molecule has 1 saturated heterocycles. The summed E-state index contributed by atoms with van der Waals surface area (Å²) in [5.41, 5.74) is 3.83. The van der Waals surface area contributed by atoms with Gasteiger partial charge in [0, 0.05) is 23.0 Å². The van der Waals surface area contributed by atoms with Crippen LogP contribution in [0.15, 0.2) is 65.3 Å². The third-order valence-corrected chi connectivity index (χ3v) is 7.07. The highest BCUT2D eigenvalue weighted by Gasteiger charge is 2.48. The topological polar surface area (TPSA) is 88.0 Å². The average molecular weight is 486 g/mol. The molecule has 8 heteroatoms. The summed E-state index contributed by atoms with van der Waals surface area (Å²) in [6.07, 6.45) is 2.02. The first-order valence-electron chi connectivity index (χ1n) is 12.1. The Morgan fingerprint density at radius 2 is 1.94 bits per heavy atom. The number of nitrogens with zero attached hydrogens (tertiary/aromatic N) is 2. The molecule has 8 nitrogen and oxygen atoms in total. The fraction of sp³-hybridized carbons (Fsp3) is 0.286. The summed E-state index contributed by atoms with van der Waals surface area (Å²) in [6.45, 7) is 2.70. The molecule has 0 spiro atoms. The van der Waals surface area contributed by atoms with Crippen molar-refractivity contribution in [1.82, 2.24) is 14.8 Å². The van der Waals surface area contributed by atoms with E-state index in [-0.39, 0.29) is 24.9 Å². The Hall–Kier alpha value is -4.20. The monoisotopic (exact) mass is 485 g/mol. The molecule has 184 valence electrons. The van der Waals surface area contributed by atoms with Gasteiger partial charge in [0.25, 0.3) is 0 Å². The highest BCUT2D eigenvalue weighted by atomic mass is 16.5. The molecule has 36 heavy (non-hydrogen) atoms. The molecule has 4 aromatic rings. The molecule has 0 saturated carbocycles. The van der Waals surface area contributed by atoms with E-state index in [0.29, 0.717) is 30.3 Å². The fourth-order valence-corrected chi connectivity index (χ4v) is 5.52. The Balaban J connectivity index is 1.48. The zero-order chi connectivity index (χ0) is 24.8. The molecule has 2 amide bonds. The van der Waals surface area contributed by atoms with E-state index in [0.717, 1.165) is 27.7 Å². The molecular weight excluding hydrogens is 458 g/mol. The van der Waals surface area contributed by atoms with Gasteiger partial charge in [-0.3, -0.25) is 9.59 Å². The Morgan fingerprint density at radius 1 is 1.08 bits per heavy atom. The van der Waals surface area contributed by atoms with Crippen molar-refractivity contribution in [3.05, 3.63) is 83.4 Å². The summed E-state index contributed by atoms with van der Waals surface area (Å²) in [7, 11) is 1.60. The molecule has 0 aliphatic carbocycles. The molecular formula is C28H27N3O5. The number of hydrogen-bond acceptors (Lipinski definition) is 5. The maximum Gasteiger partial charge on any atom is 0.246 e. The number of aromatic amines is 1. The smallest absolute Gasteiger partial charge is 0.246 e. The molecule has 2 aromatic heterocycles. The number of rotatable bonds is 6. The number of methoxy groups -OCH3 is 1. The molecule has 6 rings (SSSR count). The number of carbonyl (C=O) groups is 2. The van der Waals surface area contributed by atoms with Gasteiger partial charge in [0.05, 0.1) is 32.6 Å². The van der Waals surface area contributed by atoms with E-state index in [1.807, 2.05) is 49.4 Å². The number of hydrogen-bond donors (Lipinski definition) is 1. The summed E-state index contributed by atoms with van der Waals surface area (Å²) < 4.78 is 16.8. The van der Waals surface area contributed by atoms with E-state index >= 15 is 0 Å². The van der Waals surface area contributed by atoms with E-state index in [1.54, 1.807) is 29.2 Å². The molecule has 4 heterocycles. The Kier molecular flexibility index (Phi) is 5.44. The van der Waals surface area contributed by atoms with Crippen molar-refractivity contribution in [3.8, 4) is 11.5 Å². The number of nitrogens with one attached hydrogen (secondary N) is 1. The number of fused-ring (bicyclic) bond motifs is 4. The van der Waals surface area contributed by atoms with Crippen molar-refractivity contribution >= 4 is 22.7 Å². The standard InChI is InChI=1S/C28H27N3O5/c1-3-35-23-11-10-17(13-24(23)34-2)27-26-20(19-8-4-5-9-21(19)29-26)14-22-28(33)30(16-25(32)31(22)27)15-18-7-6-12-36-18/h4-13,22,27,29H,3,14-16H2,1-2H3/t22-,27-/m0/s1. The summed E-state index contributed by atoms with van der Waals surface area (Å²) in [4.78, 5) is 34.3. The molecule has 2 aliphatic heterocycles. The molecule has 0 bridgehead atoms. The largest absolute Gasteiger partial charge is 0.493 e. The van der Waals surface area contributed by atoms with Crippen LogP contribution in [-0.4, -0.2) is 52.9 Å². The van der Waals surface area contributed by atoms with Crippen LogP contribution in [0.5, 0.6) is 11.5 Å². The van der Waals surface area contributed by atoms with Gasteiger partial charge in [-0.25, -0.2) is 0 Å². The molecule has 0 unspecified atom stereocenters. The number of ether oxygens (including phenoxy) is 2. The third-order valence-electron chi connectivity index (χ3n) is 7.07. The van der Waals surface area contributed by atoms with Gasteiger partial charge in [0.1, 0.15) is 18.3 Å². The zero-order valence-electron chi connectivity index (χ0n) is 20.2. The number of aromatic nitrogens is 1. The zero-order valence-corrected chi connectivity index (χ0v) is 20.2. The van der Waals surface area contributed by atoms with Gasteiger partial charge >= 0.3 is 0 Å². The predicted octanol–water partition coefficient (Wildman–Crippen LogP) is 4.05. The number of benzene rings is 2. The van der Waals surface area contributed by atoms with Crippen LogP contribution in [-0.2, 0) is 22.6 Å². The van der Waals surface area contributed by atoms with Crippen molar-refractivity contribution in [1.29, 1.82) is 0 Å². The number of H-pyrrole nitrogens is 1. The summed E-state index contributed by atoms with van der Waals surface area (Å²) >= 11 is 0. The molecule has 2 aliphatic rings. The van der Waals surface area contributed by atoms with Crippen LogP contribution in [0.3, 0.4) is 0 Å². The molecule has 2 aromatic carbocycles. The van der Waals surface area contributed by atoms with Gasteiger partial charge in [-0.2, -0.15) is 0 Å².